The second kappa shape index (κ2) is 5.51. The molecule has 1 N–H and O–H groups in total. The van der Waals surface area contributed by atoms with E-state index in [1.165, 1.54) is 0 Å². The van der Waals surface area contributed by atoms with Crippen LogP contribution in [0.4, 0.5) is 17.5 Å². The average molecular weight is 259 g/mol. The minimum atomic E-state index is 0.543. The summed E-state index contributed by atoms with van der Waals surface area (Å²) in [5, 5.41) is 3.11. The zero-order valence-electron chi connectivity index (χ0n) is 11.5. The van der Waals surface area contributed by atoms with Gasteiger partial charge in [0, 0.05) is 31.9 Å². The molecule has 100 valence electrons. The highest BCUT2D eigenvalue weighted by Gasteiger charge is 2.06. The maximum atomic E-state index is 5.01. The van der Waals surface area contributed by atoms with E-state index < -0.39 is 0 Å². The summed E-state index contributed by atoms with van der Waals surface area (Å²) in [7, 11) is 5.49. The van der Waals surface area contributed by atoms with E-state index in [0.717, 1.165) is 17.1 Å². The molecule has 0 atom stereocenters. The van der Waals surface area contributed by atoms with Gasteiger partial charge < -0.3 is 15.0 Å². The molecule has 2 aromatic rings. The summed E-state index contributed by atoms with van der Waals surface area (Å²) in [5.41, 5.74) is 1.85. The first kappa shape index (κ1) is 13.1. The van der Waals surface area contributed by atoms with Crippen molar-refractivity contribution in [2.24, 2.45) is 0 Å². The number of aromatic nitrogens is 3. The lowest BCUT2D eigenvalue weighted by molar-refractivity contribution is 0.398. The van der Waals surface area contributed by atoms with Crippen LogP contribution in [0.5, 0.6) is 5.88 Å². The van der Waals surface area contributed by atoms with Crippen molar-refractivity contribution in [1.29, 1.82) is 0 Å². The van der Waals surface area contributed by atoms with Gasteiger partial charge in [-0.15, -0.1) is 0 Å². The van der Waals surface area contributed by atoms with E-state index in [0.29, 0.717) is 11.8 Å². The zero-order valence-corrected chi connectivity index (χ0v) is 11.5. The Bertz CT molecular complexity index is 553. The molecular weight excluding hydrogens is 242 g/mol. The first-order valence-electron chi connectivity index (χ1n) is 5.88. The molecule has 0 unspecified atom stereocenters. The first-order valence-corrected chi connectivity index (χ1v) is 5.88. The van der Waals surface area contributed by atoms with Crippen molar-refractivity contribution >= 4 is 17.5 Å². The summed E-state index contributed by atoms with van der Waals surface area (Å²) >= 11 is 0. The van der Waals surface area contributed by atoms with E-state index in [2.05, 4.69) is 20.3 Å². The molecule has 0 aromatic carbocycles. The van der Waals surface area contributed by atoms with Gasteiger partial charge in [0.05, 0.1) is 19.0 Å². The predicted molar refractivity (Wildman–Crippen MR) is 75.2 cm³/mol. The minimum Gasteiger partial charge on any atom is -0.481 e. The molecule has 19 heavy (non-hydrogen) atoms. The Kier molecular flexibility index (Phi) is 3.79. The van der Waals surface area contributed by atoms with Gasteiger partial charge in [0.15, 0.2) is 0 Å². The van der Waals surface area contributed by atoms with E-state index in [-0.39, 0.29) is 0 Å². The third kappa shape index (κ3) is 3.09. The van der Waals surface area contributed by atoms with Gasteiger partial charge in [-0.1, -0.05) is 0 Å². The molecule has 0 fully saturated rings. The van der Waals surface area contributed by atoms with Crippen molar-refractivity contribution in [2.45, 2.75) is 6.92 Å². The fourth-order valence-corrected chi connectivity index (χ4v) is 1.65. The van der Waals surface area contributed by atoms with Gasteiger partial charge in [-0.05, 0) is 13.0 Å². The van der Waals surface area contributed by atoms with Crippen molar-refractivity contribution < 1.29 is 4.74 Å². The van der Waals surface area contributed by atoms with Crippen LogP contribution in [0, 0.1) is 6.92 Å². The maximum Gasteiger partial charge on any atom is 0.229 e. The Balaban J connectivity index is 2.20. The standard InChI is InChI=1S/C13H17N5O/c1-9-7-15-13(17-12(9)18(2)3)16-10-5-6-11(19-4)14-8-10/h5-8H,1-4H3,(H,15,16,17). The lowest BCUT2D eigenvalue weighted by Gasteiger charge is -2.15. The monoisotopic (exact) mass is 259 g/mol. The molecule has 0 spiro atoms. The molecule has 0 amide bonds. The number of nitrogens with one attached hydrogen (secondary N) is 1. The van der Waals surface area contributed by atoms with Crippen molar-refractivity contribution in [3.63, 3.8) is 0 Å². The van der Waals surface area contributed by atoms with Crippen LogP contribution in [-0.2, 0) is 0 Å². The molecular formula is C13H17N5O. The molecule has 0 bridgehead atoms. The largest absolute Gasteiger partial charge is 0.481 e. The van der Waals surface area contributed by atoms with Crippen molar-refractivity contribution in [2.75, 3.05) is 31.4 Å². The number of nitrogens with zero attached hydrogens (tertiary/aromatic N) is 4. The van der Waals surface area contributed by atoms with Gasteiger partial charge in [-0.2, -0.15) is 4.98 Å². The number of aryl methyl sites for hydroxylation is 1. The van der Waals surface area contributed by atoms with Gasteiger partial charge in [-0.25, -0.2) is 9.97 Å². The molecule has 6 heteroatoms. The fourth-order valence-electron chi connectivity index (χ4n) is 1.65. The Hall–Kier alpha value is -2.37. The first-order chi connectivity index (χ1) is 9.10. The normalized spacial score (nSPS) is 10.1. The van der Waals surface area contributed by atoms with Crippen LogP contribution in [0.15, 0.2) is 24.5 Å². The van der Waals surface area contributed by atoms with Gasteiger partial charge >= 0.3 is 0 Å². The molecule has 0 aliphatic carbocycles. The second-order valence-corrected chi connectivity index (χ2v) is 4.31. The fraction of sp³-hybridized carbons (Fsp3) is 0.308. The lowest BCUT2D eigenvalue weighted by atomic mass is 10.3. The number of methoxy groups -OCH3 is 1. The average Bonchev–Trinajstić information content (AvgIpc) is 2.41. The molecule has 0 saturated carbocycles. The summed E-state index contributed by atoms with van der Waals surface area (Å²) in [4.78, 5) is 14.8. The topological polar surface area (TPSA) is 63.2 Å². The molecule has 0 aliphatic heterocycles. The Morgan fingerprint density at radius 1 is 1.16 bits per heavy atom. The second-order valence-electron chi connectivity index (χ2n) is 4.31. The summed E-state index contributed by atoms with van der Waals surface area (Å²) in [6, 6.07) is 3.65. The number of hydrogen-bond donors (Lipinski definition) is 1. The summed E-state index contributed by atoms with van der Waals surface area (Å²) in [6.07, 6.45) is 3.47. The molecule has 0 saturated heterocycles. The molecule has 6 nitrogen and oxygen atoms in total. The Labute approximate surface area is 112 Å². The van der Waals surface area contributed by atoms with Crippen LogP contribution >= 0.6 is 0 Å². The van der Waals surface area contributed by atoms with E-state index in [1.54, 1.807) is 25.6 Å². The van der Waals surface area contributed by atoms with Gasteiger partial charge in [0.1, 0.15) is 5.82 Å². The predicted octanol–water partition coefficient (Wildman–Crippen LogP) is 2.00. The van der Waals surface area contributed by atoms with Crippen LogP contribution < -0.4 is 15.0 Å². The van der Waals surface area contributed by atoms with Crippen LogP contribution in [0.2, 0.25) is 0 Å². The number of pyridine rings is 1. The van der Waals surface area contributed by atoms with E-state index >= 15 is 0 Å². The highest BCUT2D eigenvalue weighted by Crippen LogP contribution is 2.19. The quantitative estimate of drug-likeness (QED) is 0.906. The maximum absolute atomic E-state index is 5.01. The number of rotatable bonds is 4. The molecule has 2 heterocycles. The SMILES string of the molecule is COc1ccc(Nc2ncc(C)c(N(C)C)n2)cn1. The van der Waals surface area contributed by atoms with Crippen LogP contribution in [0.25, 0.3) is 0 Å². The Morgan fingerprint density at radius 3 is 2.53 bits per heavy atom. The summed E-state index contributed by atoms with van der Waals surface area (Å²) in [6.45, 7) is 1.98. The Morgan fingerprint density at radius 2 is 1.95 bits per heavy atom. The van der Waals surface area contributed by atoms with Crippen molar-refractivity contribution in [3.8, 4) is 5.88 Å². The van der Waals surface area contributed by atoms with Crippen LogP contribution in [0.3, 0.4) is 0 Å². The van der Waals surface area contributed by atoms with Crippen LogP contribution in [-0.4, -0.2) is 36.2 Å². The van der Waals surface area contributed by atoms with Crippen molar-refractivity contribution in [1.82, 2.24) is 15.0 Å². The van der Waals surface area contributed by atoms with Gasteiger partial charge in [0.2, 0.25) is 11.8 Å². The van der Waals surface area contributed by atoms with Crippen LogP contribution in [0.1, 0.15) is 5.56 Å². The molecule has 2 rings (SSSR count). The van der Waals surface area contributed by atoms with E-state index in [4.69, 9.17) is 4.74 Å². The van der Waals surface area contributed by atoms with E-state index in [9.17, 15) is 0 Å². The number of anilines is 3. The van der Waals surface area contributed by atoms with E-state index in [1.807, 2.05) is 32.0 Å². The number of ether oxygens (including phenoxy) is 1. The van der Waals surface area contributed by atoms with Gasteiger partial charge in [-0.3, -0.25) is 0 Å². The summed E-state index contributed by atoms with van der Waals surface area (Å²) in [5.74, 6) is 2.00. The highest BCUT2D eigenvalue weighted by atomic mass is 16.5. The molecule has 0 aliphatic rings. The highest BCUT2D eigenvalue weighted by molar-refractivity contribution is 5.55. The summed E-state index contributed by atoms with van der Waals surface area (Å²) < 4.78 is 5.01. The number of hydrogen-bond acceptors (Lipinski definition) is 6. The molecule has 2 aromatic heterocycles. The lowest BCUT2D eigenvalue weighted by Crippen LogP contribution is -2.13. The smallest absolute Gasteiger partial charge is 0.229 e. The zero-order chi connectivity index (χ0) is 13.8. The third-order valence-corrected chi connectivity index (χ3v) is 2.57. The van der Waals surface area contributed by atoms with Gasteiger partial charge in [0.25, 0.3) is 0 Å². The van der Waals surface area contributed by atoms with Crippen molar-refractivity contribution in [3.05, 3.63) is 30.1 Å². The third-order valence-electron chi connectivity index (χ3n) is 2.57. The molecule has 0 radical (unpaired) electrons. The minimum absolute atomic E-state index is 0.543.